The molecule has 5 rings (SSSR count). The maximum Gasteiger partial charge on any atom is 0.237 e. The number of fused-ring (bicyclic) bond motifs is 1. The Morgan fingerprint density at radius 3 is 2.34 bits per heavy atom. The smallest absolute Gasteiger partial charge is 0.237 e. The van der Waals surface area contributed by atoms with Crippen LogP contribution in [0.5, 0.6) is 0 Å². The normalized spacial score (nSPS) is 13.1. The zero-order valence-corrected chi connectivity index (χ0v) is 22.6. The van der Waals surface area contributed by atoms with E-state index in [4.69, 9.17) is 4.98 Å². The molecule has 4 aromatic rings. The van der Waals surface area contributed by atoms with Crippen molar-refractivity contribution in [1.82, 2.24) is 9.55 Å². The Kier molecular flexibility index (Phi) is 6.33. The van der Waals surface area contributed by atoms with E-state index in [1.807, 2.05) is 72.4 Å². The number of allylic oxidation sites excluding steroid dienone is 4. The molecule has 2 aromatic heterocycles. The Hall–Kier alpha value is -4.35. The molecule has 0 saturated heterocycles. The van der Waals surface area contributed by atoms with Crippen molar-refractivity contribution >= 4 is 38.1 Å². The van der Waals surface area contributed by atoms with Crippen LogP contribution in [0.3, 0.4) is 0 Å². The molecule has 0 spiro atoms. The van der Waals surface area contributed by atoms with Gasteiger partial charge in [0.2, 0.25) is 10.0 Å². The van der Waals surface area contributed by atoms with Crippen LogP contribution in [0.25, 0.3) is 28.0 Å². The van der Waals surface area contributed by atoms with Crippen molar-refractivity contribution in [3.05, 3.63) is 96.2 Å². The third-order valence-corrected chi connectivity index (χ3v) is 8.73. The second-order valence-electron chi connectivity index (χ2n) is 10.3. The number of rotatable bonds is 7. The molecule has 0 saturated carbocycles. The van der Waals surface area contributed by atoms with Crippen LogP contribution >= 0.6 is 0 Å². The van der Waals surface area contributed by atoms with Gasteiger partial charge in [-0.25, -0.2) is 13.4 Å². The number of anilines is 2. The van der Waals surface area contributed by atoms with Gasteiger partial charge in [-0.15, -0.1) is 0 Å². The Morgan fingerprint density at radius 1 is 1.08 bits per heavy atom. The van der Waals surface area contributed by atoms with Gasteiger partial charge in [0, 0.05) is 35.9 Å². The number of hydrogen-bond donors (Lipinski definition) is 1. The van der Waals surface area contributed by atoms with Gasteiger partial charge in [0.25, 0.3) is 0 Å². The van der Waals surface area contributed by atoms with Gasteiger partial charge in [0.15, 0.2) is 0 Å². The molecule has 2 aromatic carbocycles. The largest absolute Gasteiger partial charge is 0.369 e. The van der Waals surface area contributed by atoms with Crippen LogP contribution in [0, 0.1) is 11.3 Å². The Morgan fingerprint density at radius 2 is 1.76 bits per heavy atom. The summed E-state index contributed by atoms with van der Waals surface area (Å²) in [6.45, 7) is 5.67. The molecule has 1 aliphatic rings. The zero-order chi connectivity index (χ0) is 27.1. The predicted octanol–water partition coefficient (Wildman–Crippen LogP) is 6.16. The first kappa shape index (κ1) is 25.3. The van der Waals surface area contributed by atoms with Crippen LogP contribution in [-0.2, 0) is 16.6 Å². The Bertz CT molecular complexity index is 1720. The number of pyridine rings is 1. The molecule has 0 unspecified atom stereocenters. The summed E-state index contributed by atoms with van der Waals surface area (Å²) in [5.74, 6) is 0. The molecule has 0 radical (unpaired) electrons. The molecule has 1 aliphatic carbocycles. The van der Waals surface area contributed by atoms with Crippen molar-refractivity contribution in [2.75, 3.05) is 16.7 Å². The molecule has 8 heteroatoms. The first-order chi connectivity index (χ1) is 18.1. The standard InChI is InChI=1S/C30H29N5O2S/c1-30(2,3)38(36,37)33-23-15-13-22(14-16-23)28-27(18-31)26-17-25(34(4)20-21-9-6-5-7-10-21)19-32-29(26)35(28)24-11-8-12-24/h5-17,19,33H,20H2,1-4H3. The summed E-state index contributed by atoms with van der Waals surface area (Å²) < 4.78 is 28.9. The minimum Gasteiger partial charge on any atom is -0.369 e. The average Bonchev–Trinajstić information content (AvgIpc) is 3.16. The number of sulfonamides is 1. The molecule has 7 nitrogen and oxygen atoms in total. The van der Waals surface area contributed by atoms with Gasteiger partial charge in [-0.1, -0.05) is 48.5 Å². The van der Waals surface area contributed by atoms with Gasteiger partial charge in [-0.3, -0.25) is 9.29 Å². The first-order valence-electron chi connectivity index (χ1n) is 12.3. The van der Waals surface area contributed by atoms with E-state index in [9.17, 15) is 13.7 Å². The summed E-state index contributed by atoms with van der Waals surface area (Å²) in [7, 11) is -1.55. The highest BCUT2D eigenvalue weighted by molar-refractivity contribution is 7.94. The summed E-state index contributed by atoms with van der Waals surface area (Å²) in [6, 6.07) is 21.7. The van der Waals surface area contributed by atoms with E-state index in [1.165, 1.54) is 5.56 Å². The van der Waals surface area contributed by atoms with Crippen molar-refractivity contribution in [2.24, 2.45) is 0 Å². The predicted molar refractivity (Wildman–Crippen MR) is 154 cm³/mol. The maximum absolute atomic E-state index is 12.6. The van der Waals surface area contributed by atoms with Crippen LogP contribution < -0.4 is 9.62 Å². The van der Waals surface area contributed by atoms with Crippen LogP contribution in [0.1, 0.15) is 31.9 Å². The van der Waals surface area contributed by atoms with E-state index in [1.54, 1.807) is 32.9 Å². The topological polar surface area (TPSA) is 91.0 Å². The average molecular weight is 524 g/mol. The minimum atomic E-state index is -3.55. The van der Waals surface area contributed by atoms with Gasteiger partial charge in [-0.2, -0.15) is 5.26 Å². The Balaban J connectivity index is 1.58. The summed E-state index contributed by atoms with van der Waals surface area (Å²) in [5, 5.41) is 11.1. The zero-order valence-electron chi connectivity index (χ0n) is 21.8. The monoisotopic (exact) mass is 523 g/mol. The molecular weight excluding hydrogens is 494 g/mol. The quantitative estimate of drug-likeness (QED) is 0.313. The summed E-state index contributed by atoms with van der Waals surface area (Å²) >= 11 is 0. The van der Waals surface area contributed by atoms with Gasteiger partial charge in [0.05, 0.1) is 27.9 Å². The summed E-state index contributed by atoms with van der Waals surface area (Å²) in [6.07, 6.45) is 7.74. The van der Waals surface area contributed by atoms with Gasteiger partial charge >= 0.3 is 0 Å². The lowest BCUT2D eigenvalue weighted by Gasteiger charge is -2.20. The molecule has 192 valence electrons. The molecule has 2 heterocycles. The molecule has 1 N–H and O–H groups in total. The lowest BCUT2D eigenvalue weighted by Crippen LogP contribution is -2.33. The van der Waals surface area contributed by atoms with Gasteiger partial charge in [-0.05, 0) is 56.7 Å². The number of aromatic nitrogens is 2. The lowest BCUT2D eigenvalue weighted by atomic mass is 10.1. The van der Waals surface area contributed by atoms with Crippen molar-refractivity contribution in [2.45, 2.75) is 32.1 Å². The van der Waals surface area contributed by atoms with Crippen LogP contribution in [0.2, 0.25) is 0 Å². The van der Waals surface area contributed by atoms with E-state index in [0.29, 0.717) is 23.4 Å². The molecule has 0 bridgehead atoms. The van der Waals surface area contributed by atoms with E-state index in [2.05, 4.69) is 27.8 Å². The molecular formula is C30H29N5O2S. The molecule has 0 atom stereocenters. The highest BCUT2D eigenvalue weighted by Gasteiger charge is 2.29. The number of nitriles is 1. The van der Waals surface area contributed by atoms with Crippen LogP contribution in [0.15, 0.2) is 85.1 Å². The van der Waals surface area contributed by atoms with Crippen molar-refractivity contribution in [3.8, 4) is 17.3 Å². The number of hydrogen-bond acceptors (Lipinski definition) is 5. The molecule has 0 fully saturated rings. The Labute approximate surface area is 223 Å². The minimum absolute atomic E-state index is 0.468. The highest BCUT2D eigenvalue weighted by Crippen LogP contribution is 2.38. The fourth-order valence-corrected chi connectivity index (χ4v) is 5.04. The van der Waals surface area contributed by atoms with Crippen molar-refractivity contribution < 1.29 is 8.42 Å². The number of nitrogens with one attached hydrogen (secondary N) is 1. The maximum atomic E-state index is 12.6. The number of nitrogens with zero attached hydrogens (tertiary/aromatic N) is 4. The number of benzene rings is 2. The summed E-state index contributed by atoms with van der Waals surface area (Å²) in [5.41, 5.74) is 6.22. The van der Waals surface area contributed by atoms with E-state index >= 15 is 0 Å². The second kappa shape index (κ2) is 9.51. The highest BCUT2D eigenvalue weighted by atomic mass is 32.2. The first-order valence-corrected chi connectivity index (χ1v) is 13.8. The lowest BCUT2D eigenvalue weighted by molar-refractivity contribution is 0.566. The van der Waals surface area contributed by atoms with E-state index < -0.39 is 14.8 Å². The fraction of sp³-hybridized carbons (Fsp3) is 0.200. The fourth-order valence-electron chi connectivity index (χ4n) is 4.29. The van der Waals surface area contributed by atoms with Gasteiger partial charge < -0.3 is 4.90 Å². The van der Waals surface area contributed by atoms with Crippen LogP contribution in [0.4, 0.5) is 11.4 Å². The molecule has 38 heavy (non-hydrogen) atoms. The van der Waals surface area contributed by atoms with Crippen molar-refractivity contribution in [1.29, 1.82) is 5.26 Å². The molecule has 0 aliphatic heterocycles. The summed E-state index contributed by atoms with van der Waals surface area (Å²) in [4.78, 5) is 6.91. The van der Waals surface area contributed by atoms with Gasteiger partial charge in [0.1, 0.15) is 11.7 Å². The van der Waals surface area contributed by atoms with Crippen molar-refractivity contribution in [3.63, 3.8) is 0 Å². The third-order valence-electron chi connectivity index (χ3n) is 6.62. The van der Waals surface area contributed by atoms with E-state index in [-0.39, 0.29) is 0 Å². The SMILES string of the molecule is CN(Cc1ccccc1)c1cnc2c(c1)c(C#N)c(-c1ccc(NS(=O)(=O)C(C)(C)C)cc1)n2C1=CC=C1. The molecule has 0 amide bonds. The van der Waals surface area contributed by atoms with Crippen LogP contribution in [-0.4, -0.2) is 29.8 Å². The van der Waals surface area contributed by atoms with E-state index in [0.717, 1.165) is 28.0 Å². The third kappa shape index (κ3) is 4.57. The second-order valence-corrected chi connectivity index (χ2v) is 12.8.